The predicted molar refractivity (Wildman–Crippen MR) is 72.5 cm³/mol. The highest BCUT2D eigenvalue weighted by molar-refractivity contribution is 5.66. The molecule has 0 aliphatic rings. The third-order valence-corrected chi connectivity index (χ3v) is 2.94. The van der Waals surface area contributed by atoms with Crippen molar-refractivity contribution in [2.24, 2.45) is 0 Å². The van der Waals surface area contributed by atoms with Crippen LogP contribution in [0.25, 0.3) is 0 Å². The van der Waals surface area contributed by atoms with Gasteiger partial charge in [0.15, 0.2) is 0 Å². The average Bonchev–Trinajstić information content (AvgIpc) is 2.42. The molecule has 2 rings (SSSR count). The lowest BCUT2D eigenvalue weighted by Gasteiger charge is -2.09. The summed E-state index contributed by atoms with van der Waals surface area (Å²) in [6.07, 6.45) is 0.860. The maximum atomic E-state index is 12.8. The van der Waals surface area contributed by atoms with Crippen molar-refractivity contribution in [1.82, 2.24) is 14.8 Å². The molecule has 1 heterocycles. The molecule has 0 atom stereocenters. The third kappa shape index (κ3) is 3.95. The summed E-state index contributed by atoms with van der Waals surface area (Å²) in [6.45, 7) is 1.13. The number of hydrogen-bond acceptors (Lipinski definition) is 4. The fourth-order valence-electron chi connectivity index (χ4n) is 1.88. The third-order valence-electron chi connectivity index (χ3n) is 2.94. The molecule has 0 aliphatic heterocycles. The second-order valence-corrected chi connectivity index (χ2v) is 4.60. The van der Waals surface area contributed by atoms with Gasteiger partial charge in [-0.15, -0.1) is 0 Å². The normalized spacial score (nSPS) is 10.6. The van der Waals surface area contributed by atoms with Crippen LogP contribution in [0.2, 0.25) is 0 Å². The Kier molecular flexibility index (Phi) is 4.42. The van der Waals surface area contributed by atoms with Crippen LogP contribution in [-0.2, 0) is 24.2 Å². The molecule has 0 aliphatic carbocycles. The van der Waals surface area contributed by atoms with Crippen LogP contribution in [0.3, 0.4) is 0 Å². The van der Waals surface area contributed by atoms with Crippen molar-refractivity contribution in [3.63, 3.8) is 0 Å². The van der Waals surface area contributed by atoms with Gasteiger partial charge in [0.2, 0.25) is 0 Å². The average molecular weight is 291 g/mol. The van der Waals surface area contributed by atoms with Gasteiger partial charge in [0.05, 0.1) is 0 Å². The first-order valence-corrected chi connectivity index (χ1v) is 6.36. The van der Waals surface area contributed by atoms with Crippen LogP contribution >= 0.6 is 0 Å². The second kappa shape index (κ2) is 6.25. The Morgan fingerprint density at radius 1 is 1.29 bits per heavy atom. The number of aromatic nitrogens is 3. The van der Waals surface area contributed by atoms with Crippen molar-refractivity contribution in [2.45, 2.75) is 26.3 Å². The summed E-state index contributed by atoms with van der Waals surface area (Å²) in [5.41, 5.74) is 0.556. The van der Waals surface area contributed by atoms with E-state index in [1.807, 2.05) is 0 Å². The SMILES string of the molecule is Cc1nn(CC(=O)O)c(CCc2ccc(F)cc2)nc1=O. The molecule has 1 N–H and O–H groups in total. The van der Waals surface area contributed by atoms with Crippen molar-refractivity contribution < 1.29 is 14.3 Å². The number of aliphatic carboxylic acids is 1. The van der Waals surface area contributed by atoms with Gasteiger partial charge in [-0.1, -0.05) is 12.1 Å². The molecule has 2 aromatic rings. The molecule has 0 unspecified atom stereocenters. The maximum Gasteiger partial charge on any atom is 0.325 e. The fourth-order valence-corrected chi connectivity index (χ4v) is 1.88. The molecule has 0 fully saturated rings. The quantitative estimate of drug-likeness (QED) is 0.886. The van der Waals surface area contributed by atoms with Gasteiger partial charge in [-0.05, 0) is 31.0 Å². The summed E-state index contributed by atoms with van der Waals surface area (Å²) in [7, 11) is 0. The van der Waals surface area contributed by atoms with Crippen molar-refractivity contribution in [2.75, 3.05) is 0 Å². The van der Waals surface area contributed by atoms with E-state index in [-0.39, 0.29) is 18.1 Å². The van der Waals surface area contributed by atoms with Crippen LogP contribution in [0.4, 0.5) is 4.39 Å². The number of rotatable bonds is 5. The lowest BCUT2D eigenvalue weighted by molar-refractivity contribution is -0.138. The van der Waals surface area contributed by atoms with Gasteiger partial charge in [-0.2, -0.15) is 10.1 Å². The van der Waals surface area contributed by atoms with Crippen LogP contribution in [0.1, 0.15) is 17.1 Å². The number of carbonyl (C=O) groups is 1. The summed E-state index contributed by atoms with van der Waals surface area (Å²) >= 11 is 0. The molecule has 1 aromatic heterocycles. The van der Waals surface area contributed by atoms with E-state index < -0.39 is 11.5 Å². The molecule has 0 bridgehead atoms. The first-order valence-electron chi connectivity index (χ1n) is 6.36. The van der Waals surface area contributed by atoms with E-state index in [1.54, 1.807) is 12.1 Å². The highest BCUT2D eigenvalue weighted by atomic mass is 19.1. The number of carboxylic acid groups (broad SMARTS) is 1. The Labute approximate surface area is 119 Å². The second-order valence-electron chi connectivity index (χ2n) is 4.60. The molecular weight excluding hydrogens is 277 g/mol. The lowest BCUT2D eigenvalue weighted by Crippen LogP contribution is -2.26. The van der Waals surface area contributed by atoms with Gasteiger partial charge in [0.1, 0.15) is 23.9 Å². The minimum absolute atomic E-state index is 0.154. The molecule has 0 radical (unpaired) electrons. The van der Waals surface area contributed by atoms with E-state index in [0.717, 1.165) is 5.56 Å². The minimum Gasteiger partial charge on any atom is -0.480 e. The number of carboxylic acids is 1. The summed E-state index contributed by atoms with van der Waals surface area (Å²) in [4.78, 5) is 26.2. The Morgan fingerprint density at radius 3 is 2.57 bits per heavy atom. The Balaban J connectivity index is 2.21. The van der Waals surface area contributed by atoms with Gasteiger partial charge in [-0.3, -0.25) is 9.59 Å². The zero-order valence-corrected chi connectivity index (χ0v) is 11.4. The fraction of sp³-hybridized carbons (Fsp3) is 0.286. The molecule has 21 heavy (non-hydrogen) atoms. The standard InChI is InChI=1S/C14H14FN3O3/c1-9-14(21)16-12(18(17-9)8-13(19)20)7-4-10-2-5-11(15)6-3-10/h2-3,5-6H,4,7-8H2,1H3,(H,19,20). The maximum absolute atomic E-state index is 12.8. The van der Waals surface area contributed by atoms with Gasteiger partial charge >= 0.3 is 5.97 Å². The van der Waals surface area contributed by atoms with E-state index in [1.165, 1.54) is 23.7 Å². The van der Waals surface area contributed by atoms with Crippen LogP contribution in [-0.4, -0.2) is 25.8 Å². The topological polar surface area (TPSA) is 85.1 Å². The first kappa shape index (κ1) is 14.8. The monoisotopic (exact) mass is 291 g/mol. The summed E-state index contributed by atoms with van der Waals surface area (Å²) in [6, 6.07) is 5.97. The van der Waals surface area contributed by atoms with Gasteiger partial charge in [0, 0.05) is 6.42 Å². The zero-order chi connectivity index (χ0) is 15.4. The van der Waals surface area contributed by atoms with Crippen LogP contribution in [0, 0.1) is 12.7 Å². The number of nitrogens with zero attached hydrogens (tertiary/aromatic N) is 3. The predicted octanol–water partition coefficient (Wildman–Crippen LogP) is 0.956. The van der Waals surface area contributed by atoms with Crippen molar-refractivity contribution >= 4 is 5.97 Å². The number of benzene rings is 1. The smallest absolute Gasteiger partial charge is 0.325 e. The van der Waals surface area contributed by atoms with E-state index >= 15 is 0 Å². The molecule has 7 heteroatoms. The van der Waals surface area contributed by atoms with Crippen LogP contribution < -0.4 is 5.56 Å². The lowest BCUT2D eigenvalue weighted by atomic mass is 10.1. The van der Waals surface area contributed by atoms with Crippen molar-refractivity contribution in [3.8, 4) is 0 Å². The molecule has 1 aromatic carbocycles. The van der Waals surface area contributed by atoms with E-state index in [4.69, 9.17) is 5.11 Å². The Morgan fingerprint density at radius 2 is 1.95 bits per heavy atom. The number of halogens is 1. The first-order chi connectivity index (χ1) is 9.95. The highest BCUT2D eigenvalue weighted by Gasteiger charge is 2.10. The summed E-state index contributed by atoms with van der Waals surface area (Å²) in [5, 5.41) is 12.8. The highest BCUT2D eigenvalue weighted by Crippen LogP contribution is 2.06. The summed E-state index contributed by atoms with van der Waals surface area (Å²) < 4.78 is 14.0. The van der Waals surface area contributed by atoms with E-state index in [9.17, 15) is 14.0 Å². The van der Waals surface area contributed by atoms with Crippen molar-refractivity contribution in [1.29, 1.82) is 0 Å². The summed E-state index contributed by atoms with van der Waals surface area (Å²) in [5.74, 6) is -1.08. The molecule has 0 saturated carbocycles. The molecule has 0 amide bonds. The van der Waals surface area contributed by atoms with E-state index in [2.05, 4.69) is 10.1 Å². The van der Waals surface area contributed by atoms with Gasteiger partial charge in [-0.25, -0.2) is 9.07 Å². The number of aryl methyl sites for hydroxylation is 3. The molecule has 0 spiro atoms. The molecule has 110 valence electrons. The van der Waals surface area contributed by atoms with Crippen LogP contribution in [0.5, 0.6) is 0 Å². The minimum atomic E-state index is -1.06. The number of hydrogen-bond donors (Lipinski definition) is 1. The van der Waals surface area contributed by atoms with E-state index in [0.29, 0.717) is 18.7 Å². The van der Waals surface area contributed by atoms with Gasteiger partial charge in [0.25, 0.3) is 5.56 Å². The molecule has 6 nitrogen and oxygen atoms in total. The Bertz CT molecular complexity index is 710. The molecule has 0 saturated heterocycles. The largest absolute Gasteiger partial charge is 0.480 e. The van der Waals surface area contributed by atoms with Crippen LogP contribution in [0.15, 0.2) is 29.1 Å². The van der Waals surface area contributed by atoms with Gasteiger partial charge < -0.3 is 5.11 Å². The zero-order valence-electron chi connectivity index (χ0n) is 11.4. The van der Waals surface area contributed by atoms with Crippen molar-refractivity contribution in [3.05, 3.63) is 57.5 Å². The Hall–Kier alpha value is -2.57. The molecular formula is C14H14FN3O3.